The summed E-state index contributed by atoms with van der Waals surface area (Å²) in [6, 6.07) is 16.8. The number of hydrogen-bond donors (Lipinski definition) is 2. The Labute approximate surface area is 209 Å². The molecule has 4 rings (SSSR count). The summed E-state index contributed by atoms with van der Waals surface area (Å²) < 4.78 is 13.2. The molecule has 0 aliphatic carbocycles. The number of aryl methyl sites for hydroxylation is 1. The van der Waals surface area contributed by atoms with Gasteiger partial charge in [0.05, 0.1) is 42.6 Å². The molecule has 0 saturated heterocycles. The van der Waals surface area contributed by atoms with Gasteiger partial charge in [-0.3, -0.25) is 14.3 Å². The summed E-state index contributed by atoms with van der Waals surface area (Å²) in [4.78, 5) is 29.6. The zero-order chi connectivity index (χ0) is 25.5. The van der Waals surface area contributed by atoms with Gasteiger partial charge in [0, 0.05) is 12.2 Å². The number of rotatable bonds is 10. The third kappa shape index (κ3) is 6.18. The van der Waals surface area contributed by atoms with Gasteiger partial charge in [0.25, 0.3) is 5.91 Å². The lowest BCUT2D eigenvalue weighted by Gasteiger charge is -2.09. The van der Waals surface area contributed by atoms with Crippen molar-refractivity contribution >= 4 is 17.5 Å². The molecule has 2 N–H and O–H groups in total. The second-order valence-corrected chi connectivity index (χ2v) is 8.51. The normalized spacial score (nSPS) is 10.9. The first-order valence-corrected chi connectivity index (χ1v) is 11.8. The summed E-state index contributed by atoms with van der Waals surface area (Å²) >= 11 is 0. The second kappa shape index (κ2) is 11.4. The number of nitrogens with one attached hydrogen (secondary N) is 2. The van der Waals surface area contributed by atoms with E-state index in [0.29, 0.717) is 39.9 Å². The van der Waals surface area contributed by atoms with E-state index in [2.05, 4.69) is 20.7 Å². The van der Waals surface area contributed by atoms with Crippen LogP contribution in [0.2, 0.25) is 0 Å². The number of amides is 2. The average molecular weight is 488 g/mol. The Hall–Kier alpha value is -4.40. The van der Waals surface area contributed by atoms with Gasteiger partial charge in [0.15, 0.2) is 0 Å². The van der Waals surface area contributed by atoms with Crippen LogP contribution in [-0.2, 0) is 11.3 Å². The number of para-hydroxylation sites is 2. The SMILES string of the molecule is Cc1oc(-c2ccccc2NC(=O)CCOc2ccccc2)nc1CNC(=O)c1cnn(C(C)C)c1. The second-order valence-electron chi connectivity index (χ2n) is 8.51. The number of aromatic nitrogens is 3. The highest BCUT2D eigenvalue weighted by molar-refractivity contribution is 5.95. The number of carbonyl (C=O) groups excluding carboxylic acids is 2. The summed E-state index contributed by atoms with van der Waals surface area (Å²) in [6.45, 7) is 6.24. The number of anilines is 1. The molecular weight excluding hydrogens is 458 g/mol. The van der Waals surface area contributed by atoms with Crippen LogP contribution in [0.15, 0.2) is 71.4 Å². The minimum absolute atomic E-state index is 0.170. The van der Waals surface area contributed by atoms with Crippen LogP contribution < -0.4 is 15.4 Å². The van der Waals surface area contributed by atoms with Crippen LogP contribution in [0.25, 0.3) is 11.5 Å². The van der Waals surface area contributed by atoms with Crippen molar-refractivity contribution in [2.75, 3.05) is 11.9 Å². The van der Waals surface area contributed by atoms with Crippen molar-refractivity contribution in [2.24, 2.45) is 0 Å². The molecule has 4 aromatic rings. The van der Waals surface area contributed by atoms with E-state index in [9.17, 15) is 9.59 Å². The summed E-state index contributed by atoms with van der Waals surface area (Å²) in [5, 5.41) is 9.97. The highest BCUT2D eigenvalue weighted by Gasteiger charge is 2.17. The predicted octanol–water partition coefficient (Wildman–Crippen LogP) is 4.77. The Morgan fingerprint density at radius 3 is 2.58 bits per heavy atom. The molecule has 0 aliphatic heterocycles. The Balaban J connectivity index is 1.38. The van der Waals surface area contributed by atoms with E-state index < -0.39 is 0 Å². The molecule has 0 bridgehead atoms. The number of ether oxygens (including phenoxy) is 1. The maximum absolute atomic E-state index is 12.5. The number of nitrogens with zero attached hydrogens (tertiary/aromatic N) is 3. The smallest absolute Gasteiger partial charge is 0.254 e. The largest absolute Gasteiger partial charge is 0.493 e. The van der Waals surface area contributed by atoms with E-state index in [0.717, 1.165) is 0 Å². The third-order valence-corrected chi connectivity index (χ3v) is 5.47. The quantitative estimate of drug-likeness (QED) is 0.333. The topological polar surface area (TPSA) is 111 Å². The fourth-order valence-electron chi connectivity index (χ4n) is 3.48. The maximum Gasteiger partial charge on any atom is 0.254 e. The predicted molar refractivity (Wildman–Crippen MR) is 136 cm³/mol. The van der Waals surface area contributed by atoms with E-state index in [1.807, 2.05) is 62.4 Å². The van der Waals surface area contributed by atoms with Crippen LogP contribution in [0.1, 0.15) is 48.1 Å². The Morgan fingerprint density at radius 2 is 1.83 bits per heavy atom. The minimum Gasteiger partial charge on any atom is -0.493 e. The van der Waals surface area contributed by atoms with E-state index in [-0.39, 0.29) is 37.4 Å². The lowest BCUT2D eigenvalue weighted by Crippen LogP contribution is -2.23. The lowest BCUT2D eigenvalue weighted by molar-refractivity contribution is -0.116. The van der Waals surface area contributed by atoms with Gasteiger partial charge in [0.2, 0.25) is 11.8 Å². The Morgan fingerprint density at radius 1 is 1.08 bits per heavy atom. The molecular formula is C27H29N5O4. The van der Waals surface area contributed by atoms with Gasteiger partial charge >= 0.3 is 0 Å². The van der Waals surface area contributed by atoms with E-state index in [4.69, 9.17) is 9.15 Å². The average Bonchev–Trinajstić information content (AvgIpc) is 3.51. The molecule has 0 aliphatic rings. The van der Waals surface area contributed by atoms with Gasteiger partial charge in [-0.15, -0.1) is 0 Å². The summed E-state index contributed by atoms with van der Waals surface area (Å²) in [7, 11) is 0. The summed E-state index contributed by atoms with van der Waals surface area (Å²) in [5.74, 6) is 1.24. The fourth-order valence-corrected chi connectivity index (χ4v) is 3.48. The van der Waals surface area contributed by atoms with E-state index in [1.54, 1.807) is 30.1 Å². The molecule has 0 spiro atoms. The van der Waals surface area contributed by atoms with Crippen LogP contribution in [0.4, 0.5) is 5.69 Å². The van der Waals surface area contributed by atoms with Crippen molar-refractivity contribution in [3.05, 3.63) is 84.0 Å². The van der Waals surface area contributed by atoms with Crippen molar-refractivity contribution in [3.63, 3.8) is 0 Å². The first-order chi connectivity index (χ1) is 17.4. The van der Waals surface area contributed by atoms with Crippen LogP contribution in [0.3, 0.4) is 0 Å². The van der Waals surface area contributed by atoms with Crippen LogP contribution in [0.5, 0.6) is 5.75 Å². The zero-order valence-electron chi connectivity index (χ0n) is 20.5. The lowest BCUT2D eigenvalue weighted by atomic mass is 10.1. The summed E-state index contributed by atoms with van der Waals surface area (Å²) in [6.07, 6.45) is 3.45. The standard InChI is InChI=1S/C27H29N5O4/c1-18(2)32-17-20(15-29-32)26(34)28-16-24-19(3)36-27(31-24)22-11-7-8-12-23(22)30-25(33)13-14-35-21-9-5-4-6-10-21/h4-12,15,17-18H,13-14,16H2,1-3H3,(H,28,34)(H,30,33). The van der Waals surface area contributed by atoms with Gasteiger partial charge in [-0.1, -0.05) is 30.3 Å². The molecule has 2 aromatic carbocycles. The molecule has 9 heteroatoms. The minimum atomic E-state index is -0.240. The van der Waals surface area contributed by atoms with Crippen molar-refractivity contribution in [2.45, 2.75) is 39.8 Å². The van der Waals surface area contributed by atoms with Gasteiger partial charge in [0.1, 0.15) is 17.2 Å². The van der Waals surface area contributed by atoms with Gasteiger partial charge in [-0.25, -0.2) is 4.98 Å². The molecule has 0 atom stereocenters. The molecule has 0 unspecified atom stereocenters. The van der Waals surface area contributed by atoms with Crippen molar-refractivity contribution < 1.29 is 18.7 Å². The molecule has 2 aromatic heterocycles. The first kappa shape index (κ1) is 24.7. The molecule has 2 amide bonds. The van der Waals surface area contributed by atoms with Crippen LogP contribution in [-0.4, -0.2) is 33.2 Å². The Kier molecular flexibility index (Phi) is 7.79. The third-order valence-electron chi connectivity index (χ3n) is 5.47. The number of carbonyl (C=O) groups is 2. The molecule has 9 nitrogen and oxygen atoms in total. The van der Waals surface area contributed by atoms with Crippen molar-refractivity contribution in [3.8, 4) is 17.2 Å². The molecule has 0 radical (unpaired) electrons. The fraction of sp³-hybridized carbons (Fsp3) is 0.259. The monoisotopic (exact) mass is 487 g/mol. The van der Waals surface area contributed by atoms with Gasteiger partial charge < -0.3 is 19.8 Å². The molecule has 36 heavy (non-hydrogen) atoms. The zero-order valence-corrected chi connectivity index (χ0v) is 20.5. The molecule has 186 valence electrons. The number of hydrogen-bond acceptors (Lipinski definition) is 6. The Bertz CT molecular complexity index is 1330. The van der Waals surface area contributed by atoms with Gasteiger partial charge in [-0.2, -0.15) is 5.10 Å². The van der Waals surface area contributed by atoms with Gasteiger partial charge in [-0.05, 0) is 45.0 Å². The highest BCUT2D eigenvalue weighted by Crippen LogP contribution is 2.29. The maximum atomic E-state index is 12.5. The number of benzene rings is 2. The molecule has 0 saturated carbocycles. The highest BCUT2D eigenvalue weighted by atomic mass is 16.5. The molecule has 2 heterocycles. The van der Waals surface area contributed by atoms with Crippen LogP contribution >= 0.6 is 0 Å². The molecule has 0 fully saturated rings. The number of oxazole rings is 1. The van der Waals surface area contributed by atoms with E-state index in [1.165, 1.54) is 0 Å². The first-order valence-electron chi connectivity index (χ1n) is 11.8. The van der Waals surface area contributed by atoms with Crippen molar-refractivity contribution in [1.82, 2.24) is 20.1 Å². The summed E-state index contributed by atoms with van der Waals surface area (Å²) in [5.41, 5.74) is 2.32. The van der Waals surface area contributed by atoms with Crippen LogP contribution in [0, 0.1) is 6.92 Å². The van der Waals surface area contributed by atoms with Crippen molar-refractivity contribution in [1.29, 1.82) is 0 Å². The van der Waals surface area contributed by atoms with E-state index >= 15 is 0 Å².